The minimum atomic E-state index is 0.330. The van der Waals surface area contributed by atoms with Crippen molar-refractivity contribution in [2.24, 2.45) is 0 Å². The standard InChI is InChI=1S/C15H21N3S/c1-6-16-15-11(5)13(12-7-10(4)19-8-12)17-14(18-15)9(2)3/h7-9H,6H2,1-5H3,(H,16,17,18). The summed E-state index contributed by atoms with van der Waals surface area (Å²) in [6, 6.07) is 2.19. The Labute approximate surface area is 119 Å². The van der Waals surface area contributed by atoms with Crippen LogP contribution in [0, 0.1) is 13.8 Å². The lowest BCUT2D eigenvalue weighted by Crippen LogP contribution is -2.08. The summed E-state index contributed by atoms with van der Waals surface area (Å²) in [6.45, 7) is 11.4. The molecule has 2 rings (SSSR count). The number of rotatable bonds is 4. The Morgan fingerprint density at radius 3 is 2.53 bits per heavy atom. The van der Waals surface area contributed by atoms with Gasteiger partial charge in [0.25, 0.3) is 0 Å². The normalized spacial score (nSPS) is 11.1. The molecule has 0 amide bonds. The second kappa shape index (κ2) is 5.70. The molecule has 19 heavy (non-hydrogen) atoms. The molecule has 0 unspecified atom stereocenters. The van der Waals surface area contributed by atoms with Crippen LogP contribution in [0.5, 0.6) is 0 Å². The maximum absolute atomic E-state index is 4.75. The molecule has 2 aromatic rings. The van der Waals surface area contributed by atoms with Gasteiger partial charge in [0.1, 0.15) is 11.6 Å². The van der Waals surface area contributed by atoms with E-state index in [0.29, 0.717) is 5.92 Å². The molecular formula is C15H21N3S. The van der Waals surface area contributed by atoms with E-state index in [4.69, 9.17) is 4.98 Å². The molecule has 0 aliphatic heterocycles. The highest BCUT2D eigenvalue weighted by Gasteiger charge is 2.14. The molecule has 3 nitrogen and oxygen atoms in total. The van der Waals surface area contributed by atoms with Crippen LogP contribution in [-0.2, 0) is 0 Å². The van der Waals surface area contributed by atoms with Crippen molar-refractivity contribution in [1.29, 1.82) is 0 Å². The summed E-state index contributed by atoms with van der Waals surface area (Å²) in [5.41, 5.74) is 3.38. The molecule has 0 spiro atoms. The van der Waals surface area contributed by atoms with Crippen LogP contribution in [0.1, 0.15) is 43.0 Å². The Hall–Kier alpha value is -1.42. The van der Waals surface area contributed by atoms with E-state index < -0.39 is 0 Å². The highest BCUT2D eigenvalue weighted by molar-refractivity contribution is 7.10. The summed E-state index contributed by atoms with van der Waals surface area (Å²) in [6.07, 6.45) is 0. The predicted molar refractivity (Wildman–Crippen MR) is 83.1 cm³/mol. The number of nitrogens with zero attached hydrogens (tertiary/aromatic N) is 2. The number of anilines is 1. The van der Waals surface area contributed by atoms with Crippen LogP contribution in [0.25, 0.3) is 11.3 Å². The lowest BCUT2D eigenvalue weighted by Gasteiger charge is -2.14. The Morgan fingerprint density at radius 1 is 1.26 bits per heavy atom. The Bertz CT molecular complexity index is 573. The maximum atomic E-state index is 4.75. The molecule has 0 aliphatic rings. The van der Waals surface area contributed by atoms with Crippen molar-refractivity contribution in [3.63, 3.8) is 0 Å². The molecule has 2 aromatic heterocycles. The quantitative estimate of drug-likeness (QED) is 0.900. The monoisotopic (exact) mass is 275 g/mol. The number of thiophene rings is 1. The largest absolute Gasteiger partial charge is 0.370 e. The summed E-state index contributed by atoms with van der Waals surface area (Å²) >= 11 is 1.76. The molecule has 0 fully saturated rings. The fraction of sp³-hybridized carbons (Fsp3) is 0.467. The first-order chi connectivity index (χ1) is 9.02. The minimum absolute atomic E-state index is 0.330. The van der Waals surface area contributed by atoms with E-state index in [-0.39, 0.29) is 0 Å². The summed E-state index contributed by atoms with van der Waals surface area (Å²) in [4.78, 5) is 10.7. The zero-order chi connectivity index (χ0) is 14.0. The number of hydrogen-bond donors (Lipinski definition) is 1. The smallest absolute Gasteiger partial charge is 0.133 e. The molecule has 0 radical (unpaired) electrons. The SMILES string of the molecule is CCNc1nc(C(C)C)nc(-c2csc(C)c2)c1C. The van der Waals surface area contributed by atoms with E-state index in [1.807, 2.05) is 0 Å². The highest BCUT2D eigenvalue weighted by atomic mass is 32.1. The van der Waals surface area contributed by atoms with Crippen molar-refractivity contribution in [2.45, 2.75) is 40.5 Å². The first-order valence-corrected chi connectivity index (χ1v) is 7.58. The van der Waals surface area contributed by atoms with Gasteiger partial charge in [-0.1, -0.05) is 13.8 Å². The average Bonchev–Trinajstić information content (AvgIpc) is 2.78. The van der Waals surface area contributed by atoms with Crippen LogP contribution in [0.2, 0.25) is 0 Å². The molecular weight excluding hydrogens is 254 g/mol. The third-order valence-corrected chi connectivity index (χ3v) is 3.89. The number of nitrogens with one attached hydrogen (secondary N) is 1. The van der Waals surface area contributed by atoms with Crippen LogP contribution < -0.4 is 5.32 Å². The van der Waals surface area contributed by atoms with Crippen LogP contribution in [0.15, 0.2) is 11.4 Å². The lowest BCUT2D eigenvalue weighted by molar-refractivity contribution is 0.774. The van der Waals surface area contributed by atoms with Crippen LogP contribution in [0.3, 0.4) is 0 Å². The van der Waals surface area contributed by atoms with Gasteiger partial charge >= 0.3 is 0 Å². The molecule has 4 heteroatoms. The van der Waals surface area contributed by atoms with Gasteiger partial charge in [-0.25, -0.2) is 9.97 Å². The van der Waals surface area contributed by atoms with Crippen LogP contribution >= 0.6 is 11.3 Å². The fourth-order valence-corrected chi connectivity index (χ4v) is 2.67. The van der Waals surface area contributed by atoms with E-state index in [1.165, 1.54) is 10.4 Å². The van der Waals surface area contributed by atoms with Gasteiger partial charge in [-0.15, -0.1) is 11.3 Å². The summed E-state index contributed by atoms with van der Waals surface area (Å²) in [7, 11) is 0. The molecule has 0 saturated carbocycles. The van der Waals surface area contributed by atoms with E-state index in [2.05, 4.69) is 56.4 Å². The fourth-order valence-electron chi connectivity index (χ4n) is 1.98. The number of hydrogen-bond acceptors (Lipinski definition) is 4. The molecule has 102 valence electrons. The lowest BCUT2D eigenvalue weighted by atomic mass is 10.1. The molecule has 0 bridgehead atoms. The van der Waals surface area contributed by atoms with Crippen molar-refractivity contribution in [3.05, 3.63) is 27.7 Å². The predicted octanol–water partition coefficient (Wildman–Crippen LogP) is 4.38. The summed E-state index contributed by atoms with van der Waals surface area (Å²) < 4.78 is 0. The third kappa shape index (κ3) is 2.95. The summed E-state index contributed by atoms with van der Waals surface area (Å²) in [5, 5.41) is 5.51. The van der Waals surface area contributed by atoms with Crippen LogP contribution in [-0.4, -0.2) is 16.5 Å². The molecule has 0 aromatic carbocycles. The zero-order valence-corrected chi connectivity index (χ0v) is 13.1. The van der Waals surface area contributed by atoms with Gasteiger partial charge in [0, 0.05) is 33.8 Å². The first-order valence-electron chi connectivity index (χ1n) is 6.70. The summed E-state index contributed by atoms with van der Waals surface area (Å²) in [5.74, 6) is 2.19. The molecule has 0 atom stereocenters. The van der Waals surface area contributed by atoms with Gasteiger partial charge in [-0.05, 0) is 26.8 Å². The number of aromatic nitrogens is 2. The Balaban J connectivity index is 2.58. The topological polar surface area (TPSA) is 37.8 Å². The average molecular weight is 275 g/mol. The van der Waals surface area contributed by atoms with E-state index in [0.717, 1.165) is 29.4 Å². The van der Waals surface area contributed by atoms with Crippen molar-refractivity contribution in [1.82, 2.24) is 9.97 Å². The van der Waals surface area contributed by atoms with E-state index >= 15 is 0 Å². The minimum Gasteiger partial charge on any atom is -0.370 e. The third-order valence-electron chi connectivity index (χ3n) is 3.03. The van der Waals surface area contributed by atoms with Gasteiger partial charge in [0.2, 0.25) is 0 Å². The Kier molecular flexibility index (Phi) is 4.20. The molecule has 1 N–H and O–H groups in total. The van der Waals surface area contributed by atoms with Gasteiger partial charge < -0.3 is 5.32 Å². The Morgan fingerprint density at radius 2 is 2.00 bits per heavy atom. The second-order valence-corrected chi connectivity index (χ2v) is 6.15. The van der Waals surface area contributed by atoms with Crippen molar-refractivity contribution in [2.75, 3.05) is 11.9 Å². The van der Waals surface area contributed by atoms with E-state index in [1.54, 1.807) is 11.3 Å². The van der Waals surface area contributed by atoms with Crippen molar-refractivity contribution >= 4 is 17.2 Å². The highest BCUT2D eigenvalue weighted by Crippen LogP contribution is 2.30. The molecule has 0 aliphatic carbocycles. The molecule has 0 saturated heterocycles. The van der Waals surface area contributed by atoms with Gasteiger partial charge in [0.05, 0.1) is 5.69 Å². The first kappa shape index (κ1) is 14.0. The van der Waals surface area contributed by atoms with Crippen molar-refractivity contribution < 1.29 is 0 Å². The van der Waals surface area contributed by atoms with Gasteiger partial charge in [0.15, 0.2) is 0 Å². The second-order valence-electron chi connectivity index (χ2n) is 5.04. The maximum Gasteiger partial charge on any atom is 0.133 e. The number of aryl methyl sites for hydroxylation is 1. The van der Waals surface area contributed by atoms with Crippen molar-refractivity contribution in [3.8, 4) is 11.3 Å². The van der Waals surface area contributed by atoms with Gasteiger partial charge in [-0.3, -0.25) is 0 Å². The van der Waals surface area contributed by atoms with Gasteiger partial charge in [-0.2, -0.15) is 0 Å². The molecule has 2 heterocycles. The zero-order valence-electron chi connectivity index (χ0n) is 12.2. The van der Waals surface area contributed by atoms with Crippen LogP contribution in [0.4, 0.5) is 5.82 Å². The van der Waals surface area contributed by atoms with E-state index in [9.17, 15) is 0 Å².